The number of aliphatic imine (C=N–C) groups is 1. The average molecular weight is 858 g/mol. The van der Waals surface area contributed by atoms with Gasteiger partial charge in [0.1, 0.15) is 0 Å². The Morgan fingerprint density at radius 1 is 1.06 bits per heavy atom. The maximum Gasteiger partial charge on any atom is 2.00 e. The summed E-state index contributed by atoms with van der Waals surface area (Å²) in [6, 6.07) is 18.3. The zero-order chi connectivity index (χ0) is 32.7. The van der Waals surface area contributed by atoms with Crippen molar-refractivity contribution >= 4 is 16.5 Å². The van der Waals surface area contributed by atoms with Crippen molar-refractivity contribution in [2.24, 2.45) is 10.4 Å². The van der Waals surface area contributed by atoms with Gasteiger partial charge in [0, 0.05) is 42.3 Å². The number of hydrogen-bond acceptors (Lipinski definition) is 4. The molecule has 1 N–H and O–H groups in total. The second kappa shape index (κ2) is 17.6. The van der Waals surface area contributed by atoms with Crippen molar-refractivity contribution in [1.29, 1.82) is 0 Å². The second-order valence-corrected chi connectivity index (χ2v) is 15.0. The first-order valence-corrected chi connectivity index (χ1v) is 17.8. The van der Waals surface area contributed by atoms with Crippen LogP contribution >= 0.6 is 0 Å². The van der Waals surface area contributed by atoms with Crippen molar-refractivity contribution in [3.05, 3.63) is 103 Å². The number of pyridine rings is 1. The summed E-state index contributed by atoms with van der Waals surface area (Å²) in [7, 11) is 1.92. The minimum absolute atomic E-state index is 0. The van der Waals surface area contributed by atoms with Gasteiger partial charge in [-0.15, -0.1) is 12.3 Å². The minimum Gasteiger partial charge on any atom is -0.386 e. The molecule has 250 valence electrons. The van der Waals surface area contributed by atoms with Gasteiger partial charge in [-0.25, -0.2) is 0 Å². The van der Waals surface area contributed by atoms with E-state index in [1.165, 1.54) is 58.8 Å². The number of nitrogens with one attached hydrogen (secondary N) is 1. The summed E-state index contributed by atoms with van der Waals surface area (Å²) in [6.07, 6.45) is 13.3. The predicted molar refractivity (Wildman–Crippen MR) is 196 cm³/mol. The van der Waals surface area contributed by atoms with Gasteiger partial charge in [-0.2, -0.15) is 6.42 Å². The molecule has 1 saturated carbocycles. The fourth-order valence-electron chi connectivity index (χ4n) is 7.62. The Bertz CT molecular complexity index is 1500. The van der Waals surface area contributed by atoms with Crippen LogP contribution in [0.25, 0.3) is 10.8 Å². The van der Waals surface area contributed by atoms with Crippen LogP contribution < -0.4 is 5.32 Å². The molecule has 1 aromatic heterocycles. The Balaban J connectivity index is 0.00000500. The number of rotatable bonds is 11. The molecule has 3 unspecified atom stereocenters. The molecule has 0 amide bonds. The standard InChI is InChI=1S/C42H57N3O.U/c1-8-15-29(2)31-21-22-33(25-36-19-13-14-23-46-36)38(26-31)41(43-7)39-27-32-16-10-12-20-37(32)40(45-39)34-17-9-11-18-35(24-34)44-30(3)28-42(4,5)6;/h10,12,16,20-22,26-27,29,34-36,44H,1-3,8-9,11,13-15,17-19,23-25,28H2,4-7H3;/q-2;+2/t29?,34?,35-,36?;/m1./s1. The first-order valence-electron chi connectivity index (χ1n) is 17.8. The van der Waals surface area contributed by atoms with Gasteiger partial charge in [0.2, 0.25) is 0 Å². The van der Waals surface area contributed by atoms with Crippen LogP contribution in [0, 0.1) is 50.4 Å². The maximum atomic E-state index is 6.22. The minimum atomic E-state index is 0. The molecular weight excluding hydrogens is 801 g/mol. The third-order valence-corrected chi connectivity index (χ3v) is 9.83. The Morgan fingerprint density at radius 2 is 1.83 bits per heavy atom. The maximum absolute atomic E-state index is 6.22. The molecular formula is C42H57N3OU. The number of hydrogen-bond donors (Lipinski definition) is 1. The van der Waals surface area contributed by atoms with E-state index in [0.717, 1.165) is 75.1 Å². The SMILES string of the molecule is C=C(CC(C)(C)C)N[C@@H]1CCCCC(c2nc(C(=NC)c3cc(C([CH2-])CC[CH2-])ccc3CC3CCCCO3)cc3ccccc23)C1.[U+2]. The van der Waals surface area contributed by atoms with Gasteiger partial charge in [0.25, 0.3) is 0 Å². The molecule has 0 spiro atoms. The Kier molecular flexibility index (Phi) is 14.2. The Hall–Kier alpha value is -1.93. The quantitative estimate of drug-likeness (QED) is 0.119. The molecule has 4 atom stereocenters. The zero-order valence-corrected chi connectivity index (χ0v) is 33.7. The van der Waals surface area contributed by atoms with E-state index in [1.54, 1.807) is 0 Å². The summed E-state index contributed by atoms with van der Waals surface area (Å²) in [5, 5.41) is 6.34. The van der Waals surface area contributed by atoms with E-state index < -0.39 is 0 Å². The summed E-state index contributed by atoms with van der Waals surface area (Å²) in [4.78, 5) is 10.5. The topological polar surface area (TPSA) is 46.5 Å². The van der Waals surface area contributed by atoms with Crippen LogP contribution in [-0.4, -0.2) is 36.5 Å². The van der Waals surface area contributed by atoms with Crippen molar-refractivity contribution in [3.8, 4) is 0 Å². The van der Waals surface area contributed by atoms with Crippen molar-refractivity contribution in [2.45, 2.75) is 122 Å². The van der Waals surface area contributed by atoms with Crippen LogP contribution in [-0.2, 0) is 11.2 Å². The van der Waals surface area contributed by atoms with Crippen molar-refractivity contribution in [1.82, 2.24) is 10.3 Å². The van der Waals surface area contributed by atoms with Crippen molar-refractivity contribution < 1.29 is 35.9 Å². The monoisotopic (exact) mass is 858 g/mol. The largest absolute Gasteiger partial charge is 2.00 e. The number of aromatic nitrogens is 1. The molecule has 0 radical (unpaired) electrons. The van der Waals surface area contributed by atoms with Gasteiger partial charge >= 0.3 is 31.1 Å². The first kappa shape index (κ1) is 37.9. The summed E-state index contributed by atoms with van der Waals surface area (Å²) < 4.78 is 6.22. The fraction of sp³-hybridized carbons (Fsp3) is 0.524. The molecule has 1 aliphatic heterocycles. The predicted octanol–water partition coefficient (Wildman–Crippen LogP) is 10.3. The zero-order valence-electron chi connectivity index (χ0n) is 29.5. The molecule has 2 aliphatic rings. The van der Waals surface area contributed by atoms with Gasteiger partial charge < -0.3 is 23.9 Å². The molecule has 2 fully saturated rings. The molecule has 1 aliphatic carbocycles. The Morgan fingerprint density at radius 3 is 2.55 bits per heavy atom. The van der Waals surface area contributed by atoms with Gasteiger partial charge in [-0.05, 0) is 73.8 Å². The number of fused-ring (bicyclic) bond motifs is 1. The molecule has 0 bridgehead atoms. The third-order valence-electron chi connectivity index (χ3n) is 9.83. The van der Waals surface area contributed by atoms with E-state index in [4.69, 9.17) is 14.7 Å². The van der Waals surface area contributed by atoms with Crippen LogP contribution in [0.15, 0.2) is 65.8 Å². The van der Waals surface area contributed by atoms with Crippen LogP contribution in [0.4, 0.5) is 0 Å². The summed E-state index contributed by atoms with van der Waals surface area (Å²) in [6.45, 7) is 20.7. The molecule has 47 heavy (non-hydrogen) atoms. The fourth-order valence-corrected chi connectivity index (χ4v) is 7.62. The molecule has 1 saturated heterocycles. The molecule has 5 heteroatoms. The summed E-state index contributed by atoms with van der Waals surface area (Å²) in [5.41, 5.74) is 8.20. The molecule has 3 aromatic rings. The van der Waals surface area contributed by atoms with Crippen LogP contribution in [0.2, 0.25) is 0 Å². The van der Waals surface area contributed by atoms with Crippen molar-refractivity contribution in [3.63, 3.8) is 0 Å². The van der Waals surface area contributed by atoms with Gasteiger partial charge in [-0.3, -0.25) is 9.98 Å². The van der Waals surface area contributed by atoms with Gasteiger partial charge in [0.05, 0.1) is 23.2 Å². The normalized spacial score (nSPS) is 21.5. The molecule has 2 aromatic carbocycles. The number of benzene rings is 2. The first-order chi connectivity index (χ1) is 22.1. The van der Waals surface area contributed by atoms with Crippen LogP contribution in [0.3, 0.4) is 0 Å². The Labute approximate surface area is 309 Å². The smallest absolute Gasteiger partial charge is 0.386 e. The van der Waals surface area contributed by atoms with Gasteiger partial charge in [0.15, 0.2) is 0 Å². The van der Waals surface area contributed by atoms with Crippen LogP contribution in [0.1, 0.15) is 131 Å². The van der Waals surface area contributed by atoms with Crippen molar-refractivity contribution in [2.75, 3.05) is 13.7 Å². The van der Waals surface area contributed by atoms with Crippen LogP contribution in [0.5, 0.6) is 0 Å². The molecule has 4 nitrogen and oxygen atoms in total. The van der Waals surface area contributed by atoms with E-state index in [-0.39, 0.29) is 48.6 Å². The van der Waals surface area contributed by atoms with E-state index in [2.05, 4.69) is 95.0 Å². The summed E-state index contributed by atoms with van der Waals surface area (Å²) in [5.74, 6) is 0.561. The van der Waals surface area contributed by atoms with E-state index in [0.29, 0.717) is 12.0 Å². The van der Waals surface area contributed by atoms with E-state index in [1.807, 2.05) is 7.05 Å². The molecule has 2 heterocycles. The van der Waals surface area contributed by atoms with E-state index in [9.17, 15) is 0 Å². The summed E-state index contributed by atoms with van der Waals surface area (Å²) >= 11 is 0. The third kappa shape index (κ3) is 10.3. The van der Waals surface area contributed by atoms with E-state index >= 15 is 0 Å². The van der Waals surface area contributed by atoms with Gasteiger partial charge in [-0.1, -0.05) is 88.2 Å². The number of ether oxygens (including phenoxy) is 1. The molecule has 5 rings (SSSR count). The number of nitrogens with zero attached hydrogens (tertiary/aromatic N) is 2. The second-order valence-electron chi connectivity index (χ2n) is 15.0. The average Bonchev–Trinajstić information content (AvgIpc) is 3.26. The number of allylic oxidation sites excluding steroid dienone is 1.